The highest BCUT2D eigenvalue weighted by Crippen LogP contribution is 2.35. The largest absolute Gasteiger partial charge is 0.492 e. The van der Waals surface area contributed by atoms with Gasteiger partial charge in [0.15, 0.2) is 5.78 Å². The highest BCUT2D eigenvalue weighted by molar-refractivity contribution is 6.02. The molecule has 1 atom stereocenters. The van der Waals surface area contributed by atoms with Crippen molar-refractivity contribution in [3.8, 4) is 5.75 Å². The second-order valence-electron chi connectivity index (χ2n) is 4.82. The molecule has 0 spiro atoms. The Balaban J connectivity index is 1.93. The molecule has 0 amide bonds. The first kappa shape index (κ1) is 12.0. The number of benzene rings is 2. The summed E-state index contributed by atoms with van der Waals surface area (Å²) in [5, 5.41) is 0. The molecular formula is C17H16O2. The van der Waals surface area contributed by atoms with Crippen LogP contribution in [-0.4, -0.2) is 12.4 Å². The third-order valence-electron chi connectivity index (χ3n) is 3.64. The molecule has 0 bridgehead atoms. The lowest BCUT2D eigenvalue weighted by Gasteiger charge is -2.09. The molecule has 1 aliphatic rings. The molecule has 0 saturated heterocycles. The number of ether oxygens (including phenoxy) is 1. The molecule has 19 heavy (non-hydrogen) atoms. The summed E-state index contributed by atoms with van der Waals surface area (Å²) in [7, 11) is 0. The highest BCUT2D eigenvalue weighted by atomic mass is 16.5. The van der Waals surface area contributed by atoms with Gasteiger partial charge in [-0.2, -0.15) is 0 Å². The fourth-order valence-electron chi connectivity index (χ4n) is 2.53. The average molecular weight is 252 g/mol. The number of hydrogen-bond donors (Lipinski definition) is 0. The number of carbonyl (C=O) groups excluding carboxylic acids is 1. The number of carbonyl (C=O) groups is 1. The number of fused-ring (bicyclic) bond motifs is 1. The number of rotatable bonds is 3. The molecule has 3 rings (SSSR count). The number of para-hydroxylation sites is 1. The van der Waals surface area contributed by atoms with Crippen molar-refractivity contribution in [2.75, 3.05) is 6.61 Å². The Morgan fingerprint density at radius 2 is 2.05 bits per heavy atom. The van der Waals surface area contributed by atoms with Gasteiger partial charge in [0.25, 0.3) is 0 Å². The van der Waals surface area contributed by atoms with Gasteiger partial charge in [-0.15, -0.1) is 0 Å². The van der Waals surface area contributed by atoms with Gasteiger partial charge in [0.05, 0.1) is 5.92 Å². The average Bonchev–Trinajstić information content (AvgIpc) is 2.90. The van der Waals surface area contributed by atoms with E-state index in [0.717, 1.165) is 23.3 Å². The van der Waals surface area contributed by atoms with Crippen molar-refractivity contribution in [3.05, 3.63) is 65.2 Å². The summed E-state index contributed by atoms with van der Waals surface area (Å²) in [6.45, 7) is 2.55. The number of Topliss-reactive ketones (excluding diaryl/α,β-unsaturated/α-hetero) is 1. The van der Waals surface area contributed by atoms with E-state index in [4.69, 9.17) is 4.74 Å². The Labute approximate surface area is 113 Å². The highest BCUT2D eigenvalue weighted by Gasteiger charge is 2.30. The SMILES string of the molecule is CCc1cccc(C(=O)C2COc3ccccc32)c1. The monoisotopic (exact) mass is 252 g/mol. The van der Waals surface area contributed by atoms with Crippen molar-refractivity contribution in [3.63, 3.8) is 0 Å². The van der Waals surface area contributed by atoms with Crippen LogP contribution in [-0.2, 0) is 6.42 Å². The summed E-state index contributed by atoms with van der Waals surface area (Å²) < 4.78 is 5.59. The van der Waals surface area contributed by atoms with Gasteiger partial charge in [0.1, 0.15) is 12.4 Å². The first-order valence-corrected chi connectivity index (χ1v) is 6.64. The van der Waals surface area contributed by atoms with Gasteiger partial charge in [-0.25, -0.2) is 0 Å². The lowest BCUT2D eigenvalue weighted by Crippen LogP contribution is -2.14. The van der Waals surface area contributed by atoms with Crippen LogP contribution in [0.5, 0.6) is 5.75 Å². The molecule has 2 heteroatoms. The number of ketones is 1. The normalized spacial score (nSPS) is 16.8. The third kappa shape index (κ3) is 2.14. The minimum Gasteiger partial charge on any atom is -0.492 e. The lowest BCUT2D eigenvalue weighted by molar-refractivity contribution is 0.0947. The van der Waals surface area contributed by atoms with Crippen LogP contribution < -0.4 is 4.74 Å². The maximum absolute atomic E-state index is 12.6. The molecule has 1 aliphatic heterocycles. The predicted molar refractivity (Wildman–Crippen MR) is 74.8 cm³/mol. The van der Waals surface area contributed by atoms with Gasteiger partial charge >= 0.3 is 0 Å². The minimum absolute atomic E-state index is 0.153. The van der Waals surface area contributed by atoms with E-state index in [9.17, 15) is 4.79 Å². The van der Waals surface area contributed by atoms with Crippen LogP contribution in [0.4, 0.5) is 0 Å². The lowest BCUT2D eigenvalue weighted by atomic mass is 9.91. The molecule has 1 unspecified atom stereocenters. The quantitative estimate of drug-likeness (QED) is 0.780. The van der Waals surface area contributed by atoms with E-state index in [1.54, 1.807) is 0 Å². The van der Waals surface area contributed by atoms with Crippen LogP contribution in [0, 0.1) is 0 Å². The summed E-state index contributed by atoms with van der Waals surface area (Å²) in [4.78, 5) is 12.6. The molecule has 0 radical (unpaired) electrons. The first-order valence-electron chi connectivity index (χ1n) is 6.64. The fraction of sp³-hybridized carbons (Fsp3) is 0.235. The van der Waals surface area contributed by atoms with E-state index >= 15 is 0 Å². The zero-order valence-electron chi connectivity index (χ0n) is 10.9. The Hall–Kier alpha value is -2.09. The fourth-order valence-corrected chi connectivity index (χ4v) is 2.53. The topological polar surface area (TPSA) is 26.3 Å². The van der Waals surface area contributed by atoms with Gasteiger partial charge in [0.2, 0.25) is 0 Å². The van der Waals surface area contributed by atoms with Gasteiger partial charge in [-0.05, 0) is 24.1 Å². The summed E-state index contributed by atoms with van der Waals surface area (Å²) in [6.07, 6.45) is 0.943. The van der Waals surface area contributed by atoms with Crippen molar-refractivity contribution in [2.24, 2.45) is 0 Å². The number of aryl methyl sites for hydroxylation is 1. The molecule has 0 N–H and O–H groups in total. The van der Waals surface area contributed by atoms with Crippen molar-refractivity contribution < 1.29 is 9.53 Å². The van der Waals surface area contributed by atoms with Crippen LogP contribution in [0.2, 0.25) is 0 Å². The molecule has 0 aromatic heterocycles. The zero-order valence-corrected chi connectivity index (χ0v) is 10.9. The Morgan fingerprint density at radius 3 is 2.89 bits per heavy atom. The summed E-state index contributed by atoms with van der Waals surface area (Å²) in [5.74, 6) is 0.830. The Bertz CT molecular complexity index is 616. The van der Waals surface area contributed by atoms with Crippen molar-refractivity contribution >= 4 is 5.78 Å². The van der Waals surface area contributed by atoms with Crippen LogP contribution in [0.25, 0.3) is 0 Å². The van der Waals surface area contributed by atoms with Crippen molar-refractivity contribution in [1.82, 2.24) is 0 Å². The van der Waals surface area contributed by atoms with Gasteiger partial charge in [-0.1, -0.05) is 43.3 Å². The minimum atomic E-state index is -0.164. The molecule has 0 fully saturated rings. The zero-order chi connectivity index (χ0) is 13.2. The molecule has 2 aromatic carbocycles. The van der Waals surface area contributed by atoms with Gasteiger partial charge in [0, 0.05) is 11.1 Å². The van der Waals surface area contributed by atoms with E-state index in [1.165, 1.54) is 5.56 Å². The Kier molecular flexibility index (Phi) is 3.08. The van der Waals surface area contributed by atoms with Gasteiger partial charge < -0.3 is 4.74 Å². The molecular weight excluding hydrogens is 236 g/mol. The third-order valence-corrected chi connectivity index (χ3v) is 3.64. The van der Waals surface area contributed by atoms with E-state index in [-0.39, 0.29) is 11.7 Å². The smallest absolute Gasteiger partial charge is 0.173 e. The summed E-state index contributed by atoms with van der Waals surface area (Å²) >= 11 is 0. The maximum atomic E-state index is 12.6. The van der Waals surface area contributed by atoms with Crippen LogP contribution in [0.1, 0.15) is 34.3 Å². The van der Waals surface area contributed by atoms with E-state index < -0.39 is 0 Å². The molecule has 0 aliphatic carbocycles. The van der Waals surface area contributed by atoms with E-state index in [0.29, 0.717) is 6.61 Å². The number of hydrogen-bond acceptors (Lipinski definition) is 2. The second kappa shape index (κ2) is 4.88. The maximum Gasteiger partial charge on any atom is 0.173 e. The van der Waals surface area contributed by atoms with Crippen molar-refractivity contribution in [2.45, 2.75) is 19.3 Å². The molecule has 2 nitrogen and oxygen atoms in total. The standard InChI is InChI=1S/C17H16O2/c1-2-12-6-5-7-13(10-12)17(18)15-11-19-16-9-4-3-8-14(15)16/h3-10,15H,2,11H2,1H3. The Morgan fingerprint density at radius 1 is 1.21 bits per heavy atom. The van der Waals surface area contributed by atoms with Crippen LogP contribution in [0.15, 0.2) is 48.5 Å². The van der Waals surface area contributed by atoms with E-state index in [2.05, 4.69) is 13.0 Å². The van der Waals surface area contributed by atoms with Crippen LogP contribution >= 0.6 is 0 Å². The molecule has 96 valence electrons. The molecule has 1 heterocycles. The predicted octanol–water partition coefficient (Wildman–Crippen LogP) is 3.61. The summed E-state index contributed by atoms with van der Waals surface area (Å²) in [6, 6.07) is 15.7. The second-order valence-corrected chi connectivity index (χ2v) is 4.82. The van der Waals surface area contributed by atoms with E-state index in [1.807, 2.05) is 42.5 Å². The van der Waals surface area contributed by atoms with Crippen LogP contribution in [0.3, 0.4) is 0 Å². The summed E-state index contributed by atoms with van der Waals surface area (Å²) in [5.41, 5.74) is 2.98. The van der Waals surface area contributed by atoms with Crippen molar-refractivity contribution in [1.29, 1.82) is 0 Å². The first-order chi connectivity index (χ1) is 9.29. The van der Waals surface area contributed by atoms with Gasteiger partial charge in [-0.3, -0.25) is 4.79 Å². The molecule has 0 saturated carbocycles. The molecule has 2 aromatic rings.